The van der Waals surface area contributed by atoms with E-state index in [-0.39, 0.29) is 11.8 Å². The second kappa shape index (κ2) is 8.96. The maximum atomic E-state index is 13.1. The molecule has 1 saturated heterocycles. The van der Waals surface area contributed by atoms with Crippen LogP contribution in [0.5, 0.6) is 0 Å². The minimum atomic E-state index is 0.0610. The van der Waals surface area contributed by atoms with Gasteiger partial charge in [-0.15, -0.1) is 11.8 Å². The molecule has 150 valence electrons. The Morgan fingerprint density at radius 2 is 1.86 bits per heavy atom. The zero-order chi connectivity index (χ0) is 20.3. The molecule has 1 fully saturated rings. The zero-order valence-corrected chi connectivity index (χ0v) is 18.4. The van der Waals surface area contributed by atoms with E-state index in [1.165, 1.54) is 0 Å². The molecule has 1 N–H and O–H groups in total. The molecule has 0 radical (unpaired) electrons. The number of rotatable bonds is 5. The summed E-state index contributed by atoms with van der Waals surface area (Å²) in [4.78, 5) is 32.6. The number of aryl methyl sites for hydroxylation is 1. The van der Waals surface area contributed by atoms with Crippen molar-refractivity contribution in [3.8, 4) is 0 Å². The van der Waals surface area contributed by atoms with Crippen LogP contribution in [-0.2, 0) is 10.5 Å². The summed E-state index contributed by atoms with van der Waals surface area (Å²) < 4.78 is 1.15. The topological polar surface area (TPSA) is 65.5 Å². The van der Waals surface area contributed by atoms with Crippen LogP contribution in [0.4, 0.5) is 5.13 Å². The first-order valence-electron chi connectivity index (χ1n) is 9.30. The first-order chi connectivity index (χ1) is 13.4. The highest BCUT2D eigenvalue weighted by molar-refractivity contribution is 8.00. The van der Waals surface area contributed by atoms with Crippen molar-refractivity contribution in [3.05, 3.63) is 40.6 Å². The monoisotopic (exact) mass is 418 g/mol. The number of carbonyl (C=O) groups is 2. The molecule has 3 rings (SSSR count). The van der Waals surface area contributed by atoms with Crippen molar-refractivity contribution < 1.29 is 9.59 Å². The standard InChI is InChI=1S/C20H26N4O2S2/c1-13-9-16(12-27-18-11-22-20(21-4)28-18)10-17(14(13)2)19(26)24-7-5-23(6-8-24)15(3)25/h9-11H,5-8,12H2,1-4H3,(H,21,22). The van der Waals surface area contributed by atoms with Gasteiger partial charge in [0.25, 0.3) is 5.91 Å². The number of amides is 2. The molecular weight excluding hydrogens is 392 g/mol. The fraction of sp³-hybridized carbons (Fsp3) is 0.450. The fourth-order valence-electron chi connectivity index (χ4n) is 3.23. The van der Waals surface area contributed by atoms with Crippen molar-refractivity contribution in [1.29, 1.82) is 0 Å². The summed E-state index contributed by atoms with van der Waals surface area (Å²) in [5.41, 5.74) is 4.07. The molecule has 0 unspecified atom stereocenters. The quantitative estimate of drug-likeness (QED) is 0.754. The molecule has 0 saturated carbocycles. The molecule has 1 aliphatic rings. The molecule has 28 heavy (non-hydrogen) atoms. The Morgan fingerprint density at radius 1 is 1.18 bits per heavy atom. The summed E-state index contributed by atoms with van der Waals surface area (Å²) in [6, 6.07) is 4.18. The lowest BCUT2D eigenvalue weighted by Gasteiger charge is -2.34. The Bertz CT molecular complexity index is 873. The second-order valence-corrected chi connectivity index (χ2v) is 9.21. The number of thiazole rings is 1. The molecular formula is C20H26N4O2S2. The predicted octanol–water partition coefficient (Wildman–Crippen LogP) is 3.40. The van der Waals surface area contributed by atoms with Crippen LogP contribution >= 0.6 is 23.1 Å². The summed E-state index contributed by atoms with van der Waals surface area (Å²) in [6.07, 6.45) is 1.88. The Balaban J connectivity index is 1.72. The highest BCUT2D eigenvalue weighted by Gasteiger charge is 2.24. The summed E-state index contributed by atoms with van der Waals surface area (Å²) in [6.45, 7) is 8.02. The third-order valence-corrected chi connectivity index (χ3v) is 7.33. The van der Waals surface area contributed by atoms with Crippen molar-refractivity contribution in [2.75, 3.05) is 38.5 Å². The van der Waals surface area contributed by atoms with Gasteiger partial charge in [-0.1, -0.05) is 17.4 Å². The van der Waals surface area contributed by atoms with Gasteiger partial charge in [0.15, 0.2) is 5.13 Å². The van der Waals surface area contributed by atoms with Crippen molar-refractivity contribution in [1.82, 2.24) is 14.8 Å². The zero-order valence-electron chi connectivity index (χ0n) is 16.7. The Labute approximate surface area is 174 Å². The minimum Gasteiger partial charge on any atom is -0.365 e. The van der Waals surface area contributed by atoms with Gasteiger partial charge in [0.1, 0.15) is 0 Å². The number of nitrogens with zero attached hydrogens (tertiary/aromatic N) is 3. The van der Waals surface area contributed by atoms with Gasteiger partial charge in [-0.05, 0) is 36.6 Å². The van der Waals surface area contributed by atoms with Gasteiger partial charge in [-0.25, -0.2) is 4.98 Å². The summed E-state index contributed by atoms with van der Waals surface area (Å²) in [7, 11) is 1.87. The highest BCUT2D eigenvalue weighted by Crippen LogP contribution is 2.31. The Kier molecular flexibility index (Phi) is 6.61. The number of anilines is 1. The average Bonchev–Trinajstić information content (AvgIpc) is 3.16. The van der Waals surface area contributed by atoms with Gasteiger partial charge in [0.05, 0.1) is 10.4 Å². The van der Waals surface area contributed by atoms with Crippen molar-refractivity contribution in [2.45, 2.75) is 30.7 Å². The molecule has 2 heterocycles. The number of nitrogens with one attached hydrogen (secondary N) is 1. The third-order valence-electron chi connectivity index (χ3n) is 5.05. The number of aromatic nitrogens is 1. The second-order valence-electron chi connectivity index (χ2n) is 6.91. The lowest BCUT2D eigenvalue weighted by Crippen LogP contribution is -2.50. The number of carbonyl (C=O) groups excluding carboxylic acids is 2. The van der Waals surface area contributed by atoms with Crippen LogP contribution in [0.15, 0.2) is 22.5 Å². The summed E-state index contributed by atoms with van der Waals surface area (Å²) >= 11 is 3.36. The lowest BCUT2D eigenvalue weighted by molar-refractivity contribution is -0.130. The number of piperazine rings is 1. The van der Waals surface area contributed by atoms with Gasteiger partial charge in [-0.2, -0.15) is 0 Å². The molecule has 0 bridgehead atoms. The first kappa shape index (κ1) is 20.7. The maximum Gasteiger partial charge on any atom is 0.254 e. The van der Waals surface area contributed by atoms with Gasteiger partial charge in [0.2, 0.25) is 5.91 Å². The molecule has 8 heteroatoms. The van der Waals surface area contributed by atoms with E-state index in [0.29, 0.717) is 26.2 Å². The molecule has 0 spiro atoms. The predicted molar refractivity (Wildman–Crippen MR) is 115 cm³/mol. The van der Waals surface area contributed by atoms with E-state index in [0.717, 1.165) is 37.3 Å². The SMILES string of the molecule is CNc1ncc(SCc2cc(C)c(C)c(C(=O)N3CCN(C(C)=O)CC3)c2)s1. The number of hydrogen-bond donors (Lipinski definition) is 1. The lowest BCUT2D eigenvalue weighted by atomic mass is 9.99. The molecule has 2 amide bonds. The van der Waals surface area contributed by atoms with Crippen molar-refractivity contribution in [3.63, 3.8) is 0 Å². The number of thioether (sulfide) groups is 1. The van der Waals surface area contributed by atoms with E-state index in [1.54, 1.807) is 34.9 Å². The summed E-state index contributed by atoms with van der Waals surface area (Å²) in [5, 5.41) is 3.96. The molecule has 1 aliphatic heterocycles. The molecule has 1 aromatic carbocycles. The van der Waals surface area contributed by atoms with Crippen LogP contribution in [0.2, 0.25) is 0 Å². The minimum absolute atomic E-state index is 0.0610. The van der Waals surface area contributed by atoms with E-state index in [4.69, 9.17) is 0 Å². The smallest absolute Gasteiger partial charge is 0.254 e. The normalized spacial score (nSPS) is 14.3. The van der Waals surface area contributed by atoms with Crippen LogP contribution in [0.25, 0.3) is 0 Å². The van der Waals surface area contributed by atoms with Crippen LogP contribution in [0.3, 0.4) is 0 Å². The molecule has 1 aromatic heterocycles. The number of hydrogen-bond acceptors (Lipinski definition) is 6. The van der Waals surface area contributed by atoms with Crippen LogP contribution in [0.1, 0.15) is 34.0 Å². The maximum absolute atomic E-state index is 13.1. The van der Waals surface area contributed by atoms with Gasteiger partial charge in [-0.3, -0.25) is 9.59 Å². The van der Waals surface area contributed by atoms with Crippen molar-refractivity contribution in [2.24, 2.45) is 0 Å². The molecule has 2 aromatic rings. The van der Waals surface area contributed by atoms with E-state index < -0.39 is 0 Å². The summed E-state index contributed by atoms with van der Waals surface area (Å²) in [5.74, 6) is 0.929. The fourth-order valence-corrected chi connectivity index (χ4v) is 4.99. The molecule has 0 atom stereocenters. The van der Waals surface area contributed by atoms with Crippen molar-refractivity contribution >= 4 is 40.0 Å². The van der Waals surface area contributed by atoms with Gasteiger partial charge < -0.3 is 15.1 Å². The van der Waals surface area contributed by atoms with E-state index in [9.17, 15) is 9.59 Å². The van der Waals surface area contributed by atoms with E-state index in [2.05, 4.69) is 23.3 Å². The van der Waals surface area contributed by atoms with E-state index in [1.807, 2.05) is 31.1 Å². The van der Waals surface area contributed by atoms with Crippen LogP contribution < -0.4 is 5.32 Å². The number of benzene rings is 1. The average molecular weight is 419 g/mol. The van der Waals surface area contributed by atoms with Crippen LogP contribution in [0, 0.1) is 13.8 Å². The Hall–Kier alpha value is -2.06. The highest BCUT2D eigenvalue weighted by atomic mass is 32.2. The van der Waals surface area contributed by atoms with Gasteiger partial charge in [0, 0.05) is 51.5 Å². The third kappa shape index (κ3) is 4.67. The van der Waals surface area contributed by atoms with Crippen LogP contribution in [-0.4, -0.2) is 59.8 Å². The molecule has 0 aliphatic carbocycles. The largest absolute Gasteiger partial charge is 0.365 e. The Morgan fingerprint density at radius 3 is 2.46 bits per heavy atom. The molecule has 6 nitrogen and oxygen atoms in total. The van der Waals surface area contributed by atoms with E-state index >= 15 is 0 Å². The first-order valence-corrected chi connectivity index (χ1v) is 11.1. The van der Waals surface area contributed by atoms with Gasteiger partial charge >= 0.3 is 0 Å².